The molecule has 2 aromatic rings. The Balaban J connectivity index is 1.99. The van der Waals surface area contributed by atoms with Crippen molar-refractivity contribution >= 4 is 16.7 Å². The summed E-state index contributed by atoms with van der Waals surface area (Å²) in [5.74, 6) is 0.507. The number of H-pyrrole nitrogens is 1. The van der Waals surface area contributed by atoms with Crippen molar-refractivity contribution < 1.29 is 9.47 Å². The summed E-state index contributed by atoms with van der Waals surface area (Å²) in [6, 6.07) is 5.87. The molecule has 1 aliphatic heterocycles. The van der Waals surface area contributed by atoms with Crippen molar-refractivity contribution in [2.24, 2.45) is 0 Å². The Morgan fingerprint density at radius 3 is 2.94 bits per heavy atom. The van der Waals surface area contributed by atoms with E-state index < -0.39 is 0 Å². The highest BCUT2D eigenvalue weighted by atomic mass is 16.7. The van der Waals surface area contributed by atoms with E-state index >= 15 is 0 Å². The van der Waals surface area contributed by atoms with Gasteiger partial charge in [-0.15, -0.1) is 0 Å². The largest absolute Gasteiger partial charge is 0.382 e. The number of rotatable bonds is 1. The van der Waals surface area contributed by atoms with Crippen molar-refractivity contribution in [3.63, 3.8) is 0 Å². The number of nitrogen functional groups attached to an aromatic ring is 1. The summed E-state index contributed by atoms with van der Waals surface area (Å²) in [6.45, 7) is 1.48. The molecule has 0 atom stereocenters. The van der Waals surface area contributed by atoms with Gasteiger partial charge < -0.3 is 15.2 Å². The molecule has 5 nitrogen and oxygen atoms in total. The van der Waals surface area contributed by atoms with Crippen molar-refractivity contribution in [2.75, 3.05) is 18.9 Å². The van der Waals surface area contributed by atoms with Gasteiger partial charge in [0, 0.05) is 10.9 Å². The lowest BCUT2D eigenvalue weighted by atomic mass is 10.1. The normalized spacial score (nSPS) is 18.0. The van der Waals surface area contributed by atoms with Crippen LogP contribution in [0.3, 0.4) is 0 Å². The van der Waals surface area contributed by atoms with Gasteiger partial charge in [0.2, 0.25) is 0 Å². The fourth-order valence-corrected chi connectivity index (χ4v) is 1.88. The number of aromatic amines is 1. The zero-order chi connectivity index (χ0) is 11.0. The van der Waals surface area contributed by atoms with Crippen molar-refractivity contribution in [1.29, 1.82) is 0 Å². The van der Waals surface area contributed by atoms with E-state index in [2.05, 4.69) is 10.2 Å². The third-order valence-corrected chi connectivity index (χ3v) is 2.72. The summed E-state index contributed by atoms with van der Waals surface area (Å²) < 4.78 is 11.1. The maximum absolute atomic E-state index is 5.75. The van der Waals surface area contributed by atoms with Crippen molar-refractivity contribution in [3.8, 4) is 0 Å². The molecule has 0 spiro atoms. The maximum Gasteiger partial charge on any atom is 0.183 e. The van der Waals surface area contributed by atoms with Crippen molar-refractivity contribution in [1.82, 2.24) is 10.2 Å². The fraction of sp³-hybridized carbons (Fsp3) is 0.364. The van der Waals surface area contributed by atoms with Gasteiger partial charge in [-0.3, -0.25) is 5.10 Å². The molecule has 0 saturated carbocycles. The second kappa shape index (κ2) is 3.77. The van der Waals surface area contributed by atoms with Crippen LogP contribution in [0, 0.1) is 0 Å². The SMILES string of the molecule is Nc1n[nH]c2ccc(C3OCCCO3)cc12. The summed E-state index contributed by atoms with van der Waals surface area (Å²) in [7, 11) is 0. The summed E-state index contributed by atoms with van der Waals surface area (Å²) in [5, 5.41) is 7.73. The van der Waals surface area contributed by atoms with E-state index in [-0.39, 0.29) is 6.29 Å². The Morgan fingerprint density at radius 1 is 1.31 bits per heavy atom. The lowest BCUT2D eigenvalue weighted by molar-refractivity contribution is -0.182. The van der Waals surface area contributed by atoms with Gasteiger partial charge >= 0.3 is 0 Å². The standard InChI is InChI=1S/C11H13N3O2/c12-10-8-6-7(2-3-9(8)13-14-10)11-15-4-1-5-16-11/h2-3,6,11H,1,4-5H2,(H3,12,13,14). The van der Waals surface area contributed by atoms with Gasteiger partial charge in [-0.05, 0) is 18.6 Å². The van der Waals surface area contributed by atoms with Crippen molar-refractivity contribution in [2.45, 2.75) is 12.7 Å². The van der Waals surface area contributed by atoms with Crippen LogP contribution in [0.1, 0.15) is 18.3 Å². The molecule has 1 aromatic carbocycles. The highest BCUT2D eigenvalue weighted by molar-refractivity contribution is 5.89. The Labute approximate surface area is 92.5 Å². The van der Waals surface area contributed by atoms with Crippen molar-refractivity contribution in [3.05, 3.63) is 23.8 Å². The van der Waals surface area contributed by atoms with Gasteiger partial charge in [0.15, 0.2) is 12.1 Å². The molecule has 0 aliphatic carbocycles. The number of fused-ring (bicyclic) bond motifs is 1. The van der Waals surface area contributed by atoms with Crippen LogP contribution in [0.25, 0.3) is 10.9 Å². The number of benzene rings is 1. The summed E-state index contributed by atoms with van der Waals surface area (Å²) >= 11 is 0. The first-order valence-electron chi connectivity index (χ1n) is 5.31. The van der Waals surface area contributed by atoms with E-state index in [9.17, 15) is 0 Å². The van der Waals surface area contributed by atoms with Crippen LogP contribution in [0.15, 0.2) is 18.2 Å². The topological polar surface area (TPSA) is 73.2 Å². The number of nitrogens with one attached hydrogen (secondary N) is 1. The Kier molecular flexibility index (Phi) is 2.27. The zero-order valence-electron chi connectivity index (χ0n) is 8.77. The average molecular weight is 219 g/mol. The highest BCUT2D eigenvalue weighted by Gasteiger charge is 2.17. The van der Waals surface area contributed by atoms with Gasteiger partial charge in [-0.25, -0.2) is 0 Å². The lowest BCUT2D eigenvalue weighted by Gasteiger charge is -2.23. The molecule has 0 amide bonds. The zero-order valence-corrected chi connectivity index (χ0v) is 8.77. The minimum absolute atomic E-state index is 0.271. The van der Waals surface area contributed by atoms with Crippen LogP contribution in [0.2, 0.25) is 0 Å². The number of nitrogens with zero attached hydrogens (tertiary/aromatic N) is 1. The quantitative estimate of drug-likeness (QED) is 0.763. The van der Waals surface area contributed by atoms with Crippen LogP contribution >= 0.6 is 0 Å². The van der Waals surface area contributed by atoms with E-state index in [0.717, 1.165) is 36.1 Å². The molecule has 1 aliphatic rings. The molecule has 3 rings (SSSR count). The Hall–Kier alpha value is -1.59. The molecule has 0 bridgehead atoms. The Bertz CT molecular complexity index is 503. The smallest absolute Gasteiger partial charge is 0.183 e. The third kappa shape index (κ3) is 1.54. The van der Waals surface area contributed by atoms with Crippen LogP contribution in [0.4, 0.5) is 5.82 Å². The number of hydrogen-bond donors (Lipinski definition) is 2. The van der Waals surface area contributed by atoms with Gasteiger partial charge in [0.25, 0.3) is 0 Å². The fourth-order valence-electron chi connectivity index (χ4n) is 1.88. The molecular weight excluding hydrogens is 206 g/mol. The average Bonchev–Trinajstić information content (AvgIpc) is 2.72. The highest BCUT2D eigenvalue weighted by Crippen LogP contribution is 2.27. The summed E-state index contributed by atoms with van der Waals surface area (Å²) in [6.07, 6.45) is 0.680. The number of aromatic nitrogens is 2. The minimum atomic E-state index is -0.271. The van der Waals surface area contributed by atoms with E-state index in [0.29, 0.717) is 5.82 Å². The molecule has 1 aromatic heterocycles. The number of hydrogen-bond acceptors (Lipinski definition) is 4. The minimum Gasteiger partial charge on any atom is -0.382 e. The molecule has 1 saturated heterocycles. The van der Waals surface area contributed by atoms with Gasteiger partial charge in [-0.1, -0.05) is 6.07 Å². The summed E-state index contributed by atoms with van der Waals surface area (Å²) in [5.41, 5.74) is 7.66. The molecule has 2 heterocycles. The van der Waals surface area contributed by atoms with Crippen LogP contribution < -0.4 is 5.73 Å². The van der Waals surface area contributed by atoms with E-state index in [1.54, 1.807) is 0 Å². The lowest BCUT2D eigenvalue weighted by Crippen LogP contribution is -2.17. The molecule has 0 radical (unpaired) electrons. The van der Waals surface area contributed by atoms with Crippen LogP contribution in [-0.4, -0.2) is 23.4 Å². The van der Waals surface area contributed by atoms with Crippen LogP contribution in [-0.2, 0) is 9.47 Å². The van der Waals surface area contributed by atoms with Gasteiger partial charge in [0.05, 0.1) is 18.7 Å². The predicted molar refractivity (Wildman–Crippen MR) is 59.8 cm³/mol. The molecule has 84 valence electrons. The van der Waals surface area contributed by atoms with E-state index in [4.69, 9.17) is 15.2 Å². The first-order chi connectivity index (χ1) is 7.84. The predicted octanol–water partition coefficient (Wildman–Crippen LogP) is 1.58. The first-order valence-corrected chi connectivity index (χ1v) is 5.31. The van der Waals surface area contributed by atoms with E-state index in [1.807, 2.05) is 18.2 Å². The number of nitrogens with two attached hydrogens (primary N) is 1. The molecule has 3 N–H and O–H groups in total. The molecule has 16 heavy (non-hydrogen) atoms. The first kappa shape index (κ1) is 9.62. The van der Waals surface area contributed by atoms with Crippen LogP contribution in [0.5, 0.6) is 0 Å². The molecule has 1 fully saturated rings. The second-order valence-corrected chi connectivity index (χ2v) is 3.84. The van der Waals surface area contributed by atoms with Gasteiger partial charge in [0.1, 0.15) is 0 Å². The number of anilines is 1. The third-order valence-electron chi connectivity index (χ3n) is 2.72. The summed E-state index contributed by atoms with van der Waals surface area (Å²) in [4.78, 5) is 0. The maximum atomic E-state index is 5.75. The second-order valence-electron chi connectivity index (χ2n) is 3.84. The Morgan fingerprint density at radius 2 is 2.12 bits per heavy atom. The number of ether oxygens (including phenoxy) is 2. The molecule has 5 heteroatoms. The van der Waals surface area contributed by atoms with E-state index in [1.165, 1.54) is 0 Å². The molecule has 0 unspecified atom stereocenters. The van der Waals surface area contributed by atoms with Gasteiger partial charge in [-0.2, -0.15) is 5.10 Å². The monoisotopic (exact) mass is 219 g/mol. The molecular formula is C11H13N3O2.